The third-order valence-electron chi connectivity index (χ3n) is 2.66. The van der Waals surface area contributed by atoms with Crippen LogP contribution in [0.2, 0.25) is 0 Å². The van der Waals surface area contributed by atoms with Gasteiger partial charge in [0, 0.05) is 29.6 Å². The fourth-order valence-electron chi connectivity index (χ4n) is 1.73. The topological polar surface area (TPSA) is 3.24 Å². The van der Waals surface area contributed by atoms with Crippen LogP contribution in [0.4, 0.5) is 0 Å². The highest BCUT2D eigenvalue weighted by molar-refractivity contribution is 14.1. The maximum absolute atomic E-state index is 2.51. The predicted molar refractivity (Wildman–Crippen MR) is 71.6 cm³/mol. The van der Waals surface area contributed by atoms with Gasteiger partial charge in [-0.2, -0.15) is 0 Å². The molecule has 0 fully saturated rings. The molecule has 0 saturated heterocycles. The van der Waals surface area contributed by atoms with E-state index in [0.29, 0.717) is 9.84 Å². The highest BCUT2D eigenvalue weighted by Crippen LogP contribution is 2.33. The van der Waals surface area contributed by atoms with Crippen molar-refractivity contribution in [3.8, 4) is 0 Å². The second-order valence-electron chi connectivity index (χ2n) is 3.83. The van der Waals surface area contributed by atoms with Gasteiger partial charge in [-0.05, 0) is 19.9 Å². The summed E-state index contributed by atoms with van der Waals surface area (Å²) in [4.78, 5) is 2.22. The molecule has 1 aliphatic rings. The number of hydrogen-bond donors (Lipinski definition) is 0. The molecule has 2 unspecified atom stereocenters. The van der Waals surface area contributed by atoms with Crippen molar-refractivity contribution in [2.75, 3.05) is 14.1 Å². The van der Waals surface area contributed by atoms with Crippen LogP contribution in [0.5, 0.6) is 0 Å². The van der Waals surface area contributed by atoms with E-state index >= 15 is 0 Å². The van der Waals surface area contributed by atoms with E-state index < -0.39 is 0 Å². The van der Waals surface area contributed by atoms with Gasteiger partial charge in [0.1, 0.15) is 0 Å². The lowest BCUT2D eigenvalue weighted by atomic mass is 9.89. The van der Waals surface area contributed by atoms with Gasteiger partial charge in [0.05, 0.1) is 0 Å². The molecule has 1 nitrogen and oxygen atoms in total. The molecule has 1 aliphatic carbocycles. The normalized spacial score (nSPS) is 27.5. The van der Waals surface area contributed by atoms with E-state index in [1.807, 2.05) is 0 Å². The second kappa shape index (κ2) is 5.01. The predicted octanol–water partition coefficient (Wildman–Crippen LogP) is 3.39. The standard InChI is InChI=1S/C12H18IN/c1-5-9(2)12-10(13)7-6-8-11(12)14(3)4/h5-8,10,12H,1-4H3/b9-5+. The number of hydrogen-bond acceptors (Lipinski definition) is 1. The number of rotatable bonds is 2. The van der Waals surface area contributed by atoms with Crippen molar-refractivity contribution < 1.29 is 0 Å². The molecule has 0 amide bonds. The zero-order valence-corrected chi connectivity index (χ0v) is 11.4. The molecular formula is C12H18IN. The van der Waals surface area contributed by atoms with Crippen LogP contribution in [0.25, 0.3) is 0 Å². The molecule has 0 aliphatic heterocycles. The highest BCUT2D eigenvalue weighted by atomic mass is 127. The summed E-state index contributed by atoms with van der Waals surface area (Å²) >= 11 is 2.51. The lowest BCUT2D eigenvalue weighted by molar-refractivity contribution is 0.446. The van der Waals surface area contributed by atoms with E-state index in [2.05, 4.69) is 79.7 Å². The van der Waals surface area contributed by atoms with Crippen LogP contribution in [0.15, 0.2) is 35.6 Å². The third kappa shape index (κ3) is 2.41. The lowest BCUT2D eigenvalue weighted by Gasteiger charge is -2.31. The van der Waals surface area contributed by atoms with Gasteiger partial charge in [0.2, 0.25) is 0 Å². The molecule has 0 heterocycles. The summed E-state index contributed by atoms with van der Waals surface area (Å²) in [6, 6.07) is 0. The Morgan fingerprint density at radius 3 is 2.64 bits per heavy atom. The summed E-state index contributed by atoms with van der Waals surface area (Å²) in [6.07, 6.45) is 8.86. The Labute approximate surface area is 101 Å². The van der Waals surface area contributed by atoms with Gasteiger partial charge in [0.15, 0.2) is 0 Å². The summed E-state index contributed by atoms with van der Waals surface area (Å²) in [7, 11) is 4.23. The van der Waals surface area contributed by atoms with Crippen molar-refractivity contribution in [1.29, 1.82) is 0 Å². The molecule has 14 heavy (non-hydrogen) atoms. The van der Waals surface area contributed by atoms with Crippen molar-refractivity contribution >= 4 is 22.6 Å². The largest absolute Gasteiger partial charge is 0.380 e. The molecule has 0 bridgehead atoms. The minimum absolute atomic E-state index is 0.542. The summed E-state index contributed by atoms with van der Waals surface area (Å²) in [6.45, 7) is 4.33. The number of nitrogens with zero attached hydrogens (tertiary/aromatic N) is 1. The Morgan fingerprint density at radius 2 is 2.14 bits per heavy atom. The third-order valence-corrected chi connectivity index (χ3v) is 3.80. The van der Waals surface area contributed by atoms with Crippen molar-refractivity contribution in [1.82, 2.24) is 4.90 Å². The Morgan fingerprint density at radius 1 is 1.50 bits per heavy atom. The van der Waals surface area contributed by atoms with E-state index in [1.165, 1.54) is 11.3 Å². The van der Waals surface area contributed by atoms with Crippen LogP contribution in [-0.2, 0) is 0 Å². The van der Waals surface area contributed by atoms with Crippen molar-refractivity contribution in [2.24, 2.45) is 5.92 Å². The van der Waals surface area contributed by atoms with E-state index in [9.17, 15) is 0 Å². The van der Waals surface area contributed by atoms with E-state index in [-0.39, 0.29) is 0 Å². The Balaban J connectivity index is 3.00. The number of alkyl halides is 1. The van der Waals surface area contributed by atoms with Crippen LogP contribution in [0, 0.1) is 5.92 Å². The minimum atomic E-state index is 0.542. The van der Waals surface area contributed by atoms with E-state index in [0.717, 1.165) is 0 Å². The first kappa shape index (κ1) is 11.8. The molecule has 0 N–H and O–H groups in total. The Bertz CT molecular complexity index is 287. The minimum Gasteiger partial charge on any atom is -0.380 e. The van der Waals surface area contributed by atoms with Crippen molar-refractivity contribution in [3.63, 3.8) is 0 Å². The molecule has 0 saturated carbocycles. The van der Waals surface area contributed by atoms with Crippen molar-refractivity contribution in [2.45, 2.75) is 17.8 Å². The van der Waals surface area contributed by atoms with Gasteiger partial charge in [0.25, 0.3) is 0 Å². The van der Waals surface area contributed by atoms with Gasteiger partial charge >= 0.3 is 0 Å². The van der Waals surface area contributed by atoms with Gasteiger partial charge in [-0.1, -0.05) is 46.4 Å². The summed E-state index contributed by atoms with van der Waals surface area (Å²) in [5, 5.41) is 0. The number of halogens is 1. The highest BCUT2D eigenvalue weighted by Gasteiger charge is 2.25. The molecule has 1 rings (SSSR count). The van der Waals surface area contributed by atoms with Crippen LogP contribution >= 0.6 is 22.6 Å². The fourth-order valence-corrected chi connectivity index (χ4v) is 2.90. The van der Waals surface area contributed by atoms with Crippen LogP contribution in [-0.4, -0.2) is 22.9 Å². The lowest BCUT2D eigenvalue weighted by Crippen LogP contribution is -2.27. The molecule has 0 spiro atoms. The Kier molecular flexibility index (Phi) is 4.23. The maximum Gasteiger partial charge on any atom is 0.0412 e. The van der Waals surface area contributed by atoms with Crippen LogP contribution in [0.1, 0.15) is 13.8 Å². The average molecular weight is 303 g/mol. The quantitative estimate of drug-likeness (QED) is 0.429. The van der Waals surface area contributed by atoms with E-state index in [1.54, 1.807) is 0 Å². The summed E-state index contributed by atoms with van der Waals surface area (Å²) < 4.78 is 0.575. The molecule has 0 aromatic carbocycles. The average Bonchev–Trinajstić information content (AvgIpc) is 2.16. The second-order valence-corrected chi connectivity index (χ2v) is 5.26. The first-order valence-electron chi connectivity index (χ1n) is 4.90. The van der Waals surface area contributed by atoms with Crippen LogP contribution in [0.3, 0.4) is 0 Å². The van der Waals surface area contributed by atoms with Gasteiger partial charge in [-0.25, -0.2) is 0 Å². The molecule has 2 atom stereocenters. The monoisotopic (exact) mass is 303 g/mol. The van der Waals surface area contributed by atoms with Gasteiger partial charge in [-0.15, -0.1) is 0 Å². The molecule has 2 heteroatoms. The molecule has 0 radical (unpaired) electrons. The number of allylic oxidation sites excluding steroid dienone is 5. The first-order valence-corrected chi connectivity index (χ1v) is 6.15. The molecule has 0 aromatic rings. The molecule has 0 aromatic heterocycles. The van der Waals surface area contributed by atoms with Crippen LogP contribution < -0.4 is 0 Å². The Hall–Kier alpha value is -0.250. The van der Waals surface area contributed by atoms with Crippen molar-refractivity contribution in [3.05, 3.63) is 35.6 Å². The first-order chi connectivity index (χ1) is 6.57. The van der Waals surface area contributed by atoms with E-state index in [4.69, 9.17) is 0 Å². The summed E-state index contributed by atoms with van der Waals surface area (Å²) in [5.41, 5.74) is 2.86. The smallest absolute Gasteiger partial charge is 0.0412 e. The molecular weight excluding hydrogens is 285 g/mol. The van der Waals surface area contributed by atoms with Gasteiger partial charge < -0.3 is 4.90 Å². The fraction of sp³-hybridized carbons (Fsp3) is 0.500. The zero-order chi connectivity index (χ0) is 10.7. The summed E-state index contributed by atoms with van der Waals surface area (Å²) in [5.74, 6) is 0.542. The zero-order valence-electron chi connectivity index (χ0n) is 9.29. The maximum atomic E-state index is 2.51. The SMILES string of the molecule is C/C=C(\C)C1C(N(C)C)=CC=CC1I. The molecule has 78 valence electrons. The van der Waals surface area contributed by atoms with Gasteiger partial charge in [-0.3, -0.25) is 0 Å².